The summed E-state index contributed by atoms with van der Waals surface area (Å²) in [6.07, 6.45) is 22.7. The van der Waals surface area contributed by atoms with Gasteiger partial charge in [-0.05, 0) is 94.4 Å². The number of aromatic nitrogens is 3. The van der Waals surface area contributed by atoms with Gasteiger partial charge >= 0.3 is 35.0 Å². The normalized spacial score (nSPS) is 21.7. The topological polar surface area (TPSA) is 126 Å². The first kappa shape index (κ1) is 51.7. The van der Waals surface area contributed by atoms with Crippen molar-refractivity contribution in [2.45, 2.75) is 146 Å². The molecule has 0 aromatic carbocycles. The minimum Gasteiger partial charge on any atom is -0.657 e. The summed E-state index contributed by atoms with van der Waals surface area (Å²) >= 11 is 0. The largest absolute Gasteiger partial charge is 2.00 e. The van der Waals surface area contributed by atoms with E-state index in [1.54, 1.807) is 0 Å². The van der Waals surface area contributed by atoms with E-state index in [-0.39, 0.29) is 59.7 Å². The Bertz CT molecular complexity index is 2450. The molecule has 0 saturated carbocycles. The fourth-order valence-electron chi connectivity index (χ4n) is 10.3. The summed E-state index contributed by atoms with van der Waals surface area (Å²) in [5.74, 6) is -0.446. The number of ether oxygens (including phenoxy) is 2. The maximum Gasteiger partial charge on any atom is 2.00 e. The van der Waals surface area contributed by atoms with E-state index < -0.39 is 11.9 Å². The number of rotatable bonds is 20. The second kappa shape index (κ2) is 22.9. The Balaban J connectivity index is 0.00000793. The number of hydrogen-bond donors (Lipinski definition) is 2. The van der Waals surface area contributed by atoms with Crippen LogP contribution < -0.4 is 26.0 Å². The van der Waals surface area contributed by atoms with Crippen LogP contribution in [0.2, 0.25) is 0 Å². The first-order valence-electron chi connectivity index (χ1n) is 24.1. The molecule has 5 atom stereocenters. The smallest absolute Gasteiger partial charge is 0.657 e. The van der Waals surface area contributed by atoms with Crippen LogP contribution in [0, 0.1) is 56.3 Å². The van der Waals surface area contributed by atoms with E-state index in [1.807, 2.05) is 25.2 Å². The van der Waals surface area contributed by atoms with Gasteiger partial charge < -0.3 is 29.7 Å². The molecular formula is C55H74MgN4O5. The van der Waals surface area contributed by atoms with Gasteiger partial charge in [-0.2, -0.15) is 0 Å². The minimum atomic E-state index is -1.18. The van der Waals surface area contributed by atoms with Gasteiger partial charge in [0.2, 0.25) is 0 Å². The maximum atomic E-state index is 14.4. The molecule has 10 heteroatoms. The van der Waals surface area contributed by atoms with Gasteiger partial charge in [-0.25, -0.2) is 0 Å². The Hall–Kier alpha value is -4.28. The molecule has 346 valence electrons. The number of methoxy groups -OCH3 is 1. The molecule has 2 N–H and O–H groups in total. The van der Waals surface area contributed by atoms with Crippen molar-refractivity contribution < 1.29 is 23.9 Å². The number of allylic oxidation sites excluding steroid dienone is 3. The predicted molar refractivity (Wildman–Crippen MR) is 265 cm³/mol. The molecule has 0 amide bonds. The molecule has 2 aliphatic heterocycles. The Labute approximate surface area is 404 Å². The van der Waals surface area contributed by atoms with E-state index in [0.29, 0.717) is 40.2 Å². The number of esters is 2. The molecule has 1 aliphatic carbocycles. The van der Waals surface area contributed by atoms with Gasteiger partial charge in [0.1, 0.15) is 12.5 Å². The van der Waals surface area contributed by atoms with Gasteiger partial charge in [0.25, 0.3) is 0 Å². The average Bonchev–Trinajstić information content (AvgIpc) is 3.99. The molecule has 0 radical (unpaired) electrons. The molecule has 3 aliphatic rings. The van der Waals surface area contributed by atoms with E-state index in [2.05, 4.69) is 91.3 Å². The number of fused-ring (bicyclic) bond motifs is 7. The molecule has 0 spiro atoms. The monoisotopic (exact) mass is 895 g/mol. The number of ketones is 1. The van der Waals surface area contributed by atoms with Crippen molar-refractivity contribution in [1.82, 2.24) is 20.3 Å². The second-order valence-corrected chi connectivity index (χ2v) is 19.6. The van der Waals surface area contributed by atoms with Gasteiger partial charge in [0.15, 0.2) is 5.78 Å². The van der Waals surface area contributed by atoms with E-state index >= 15 is 0 Å². The zero-order valence-corrected chi connectivity index (χ0v) is 42.8. The van der Waals surface area contributed by atoms with Crippen LogP contribution in [0.25, 0.3) is 29.9 Å². The molecule has 5 heterocycles. The average molecular weight is 896 g/mol. The van der Waals surface area contributed by atoms with Crippen molar-refractivity contribution in [3.05, 3.63) is 96.5 Å². The van der Waals surface area contributed by atoms with Crippen molar-refractivity contribution in [1.29, 1.82) is 0 Å². The van der Waals surface area contributed by atoms with Gasteiger partial charge in [0.05, 0.1) is 7.11 Å². The number of aromatic amines is 1. The zero-order chi connectivity index (χ0) is 46.4. The summed E-state index contributed by atoms with van der Waals surface area (Å²) in [5, 5.41) is 5.34. The first-order chi connectivity index (χ1) is 30.6. The summed E-state index contributed by atoms with van der Waals surface area (Å²) in [7, 11) is 1.31. The van der Waals surface area contributed by atoms with E-state index in [0.717, 1.165) is 87.1 Å². The van der Waals surface area contributed by atoms with Crippen molar-refractivity contribution in [2.24, 2.45) is 35.5 Å². The third kappa shape index (κ3) is 11.6. The van der Waals surface area contributed by atoms with E-state index in [1.165, 1.54) is 57.6 Å². The van der Waals surface area contributed by atoms with Crippen LogP contribution in [0.5, 0.6) is 0 Å². The van der Waals surface area contributed by atoms with Crippen LogP contribution in [-0.4, -0.2) is 59.5 Å². The number of carbonyl (C=O) groups is 3. The van der Waals surface area contributed by atoms with E-state index in [9.17, 15) is 14.4 Å². The molecule has 9 nitrogen and oxygen atoms in total. The van der Waals surface area contributed by atoms with Crippen molar-refractivity contribution >= 4 is 70.7 Å². The third-order valence-electron chi connectivity index (χ3n) is 14.4. The summed E-state index contributed by atoms with van der Waals surface area (Å²) < 4.78 is 11.1. The summed E-state index contributed by atoms with van der Waals surface area (Å²) in [5.41, 5.74) is 11.7. The zero-order valence-electron chi connectivity index (χ0n) is 41.4. The molecule has 1 fully saturated rings. The fourth-order valence-corrected chi connectivity index (χ4v) is 10.3. The van der Waals surface area contributed by atoms with Crippen LogP contribution in [0.15, 0.2) is 29.6 Å². The molecule has 0 unspecified atom stereocenters. The Morgan fingerprint density at radius 2 is 1.55 bits per heavy atom. The van der Waals surface area contributed by atoms with Crippen LogP contribution in [0.3, 0.4) is 0 Å². The number of carbonyl (C=O) groups excluding carboxylic acids is 3. The predicted octanol–water partition coefficient (Wildman–Crippen LogP) is 9.95. The Kier molecular flexibility index (Phi) is 18.3. The number of nitrogens with zero attached hydrogens (tertiary/aromatic N) is 2. The fraction of sp³-hybridized carbons (Fsp3) is 0.545. The third-order valence-corrected chi connectivity index (χ3v) is 14.4. The standard InChI is InChI=1S/C55H75N4O5.Mg/c1-13-39-35(8)42-28-44-37(10)41(24-25-48(60)64-27-26-34(7)23-17-22-33(6)21-16-20-32(5)19-15-18-31(3)4)52(58-44)50-51(55(62)63-12)54(61)49-38(11)45(59-53(49)50)30-47-40(14-2)36(9)43(57-47)29-46(39)56-42;/h13,26,28-33,37,41,51,56H,1,14-25,27H2,2-12H3,(H2,58,59,61);/q-1;+2/p-1/b34-26+,43-29-,44-28-,47-30-;/t32-,33-,37+,41+,51-;/m1./s1. The van der Waals surface area contributed by atoms with Gasteiger partial charge in [0, 0.05) is 52.2 Å². The number of H-pyrrole nitrogens is 1. The second-order valence-electron chi connectivity index (χ2n) is 19.6. The molecule has 1 saturated heterocycles. The van der Waals surface area contributed by atoms with Crippen molar-refractivity contribution in [3.63, 3.8) is 0 Å². The first-order valence-corrected chi connectivity index (χ1v) is 24.1. The van der Waals surface area contributed by atoms with Crippen LogP contribution in [0.4, 0.5) is 0 Å². The molecule has 3 aromatic heterocycles. The van der Waals surface area contributed by atoms with Crippen LogP contribution >= 0.6 is 0 Å². The van der Waals surface area contributed by atoms with Gasteiger partial charge in [-0.3, -0.25) is 14.4 Å². The minimum absolute atomic E-state index is 0. The Morgan fingerprint density at radius 3 is 2.20 bits per heavy atom. The number of hydrogen-bond acceptors (Lipinski definition) is 6. The molecule has 65 heavy (non-hydrogen) atoms. The number of Topliss-reactive ketones (excluding diaryl/α,β-unsaturated/α-hetero) is 1. The van der Waals surface area contributed by atoms with E-state index in [4.69, 9.17) is 19.4 Å². The summed E-state index contributed by atoms with van der Waals surface area (Å²) in [6, 6.07) is 0. The maximum absolute atomic E-state index is 14.4. The SMILES string of the molecule is C=Cc1c2[nH]c(c1C)/C=C1\N/C(=C3\c4[n-]c(c(C)c4C(=O)[C@@H]3C(=O)OC)/C=c3\[n-]/c(c(C)c3CC)=C\2)[C@@H](CCC(=O)OC/C=C(\C)CCC[C@H](C)CCC[C@H](C)CCCC(C)C)[C@@H]1C.[Mg+2]. The molecule has 3 aromatic rings. The van der Waals surface area contributed by atoms with Crippen molar-refractivity contribution in [2.75, 3.05) is 13.7 Å². The quantitative estimate of drug-likeness (QED) is 0.0497. The van der Waals surface area contributed by atoms with Crippen LogP contribution in [-0.2, 0) is 25.5 Å². The molecule has 6 rings (SSSR count). The van der Waals surface area contributed by atoms with Gasteiger partial charge in [-0.15, -0.1) is 22.1 Å². The van der Waals surface area contributed by atoms with Crippen LogP contribution in [0.1, 0.15) is 180 Å². The Morgan fingerprint density at radius 1 is 0.877 bits per heavy atom. The summed E-state index contributed by atoms with van der Waals surface area (Å²) in [6.45, 7) is 26.2. The van der Waals surface area contributed by atoms with Gasteiger partial charge in [-0.1, -0.05) is 134 Å². The number of nitrogens with one attached hydrogen (secondary N) is 2. The van der Waals surface area contributed by atoms with Crippen molar-refractivity contribution in [3.8, 4) is 0 Å². The molecular weight excluding hydrogens is 821 g/mol. The summed E-state index contributed by atoms with van der Waals surface area (Å²) in [4.78, 5) is 55.3. The molecule has 8 bridgehead atoms.